The number of rotatable bonds is 6. The number of benzene rings is 9. The molecule has 56 heavy (non-hydrogen) atoms. The number of anilines is 3. The van der Waals surface area contributed by atoms with Gasteiger partial charge in [0, 0.05) is 37.2 Å². The van der Waals surface area contributed by atoms with Gasteiger partial charge in [0.2, 0.25) is 0 Å². The summed E-state index contributed by atoms with van der Waals surface area (Å²) in [6.45, 7) is 0. The summed E-state index contributed by atoms with van der Waals surface area (Å²) in [7, 11) is 0. The maximum atomic E-state index is 2.40. The lowest BCUT2D eigenvalue weighted by Crippen LogP contribution is -2.09. The average Bonchev–Trinajstić information content (AvgIpc) is 3.62. The van der Waals surface area contributed by atoms with Crippen molar-refractivity contribution in [1.82, 2.24) is 0 Å². The molecule has 1 aliphatic carbocycles. The fourth-order valence-corrected chi connectivity index (χ4v) is 9.90. The molecule has 0 amide bonds. The Labute approximate surface area is 330 Å². The van der Waals surface area contributed by atoms with E-state index in [9.17, 15) is 0 Å². The first-order valence-electron chi connectivity index (χ1n) is 19.5. The molecule has 1 nitrogen and oxygen atoms in total. The second-order valence-corrected chi connectivity index (χ2v) is 15.9. The van der Waals surface area contributed by atoms with Gasteiger partial charge >= 0.3 is 0 Å². The van der Waals surface area contributed by atoms with Crippen molar-refractivity contribution in [2.24, 2.45) is 0 Å². The monoisotopic (exact) mass is 731 g/mol. The molecule has 1 aromatic heterocycles. The van der Waals surface area contributed by atoms with Crippen molar-refractivity contribution in [3.05, 3.63) is 204 Å². The Hall–Kier alpha value is -6.74. The summed E-state index contributed by atoms with van der Waals surface area (Å²) in [5.41, 5.74) is 11.0. The normalized spacial score (nSPS) is 12.7. The third-order valence-electron chi connectivity index (χ3n) is 11.5. The van der Waals surface area contributed by atoms with Crippen LogP contribution < -0.4 is 4.90 Å². The molecule has 2 heteroatoms. The van der Waals surface area contributed by atoms with Gasteiger partial charge < -0.3 is 4.90 Å². The standard InChI is InChI=1S/C54H37NS/c1-2-10-37(11-3-1)42-17-9-18-46(32-42)55(47-30-31-49-50-33-43-13-4-5-14-44(43)34-51(50)56-52(49)35-47)45-28-21-36(22-29-45)20-23-39-15-8-16-40-26-27-41-25-24-38-12-6-7-19-48(38)54(41)53(39)40/h1-6,8-18,20-35H,7,19H2. The number of allylic oxidation sites excluding steroid dienone is 1. The summed E-state index contributed by atoms with van der Waals surface area (Å²) in [5, 5.41) is 10.5. The number of aryl methyl sites for hydroxylation is 1. The zero-order valence-corrected chi connectivity index (χ0v) is 31.6. The summed E-state index contributed by atoms with van der Waals surface area (Å²) in [4.78, 5) is 2.40. The second kappa shape index (κ2) is 13.5. The Morgan fingerprint density at radius 3 is 2.04 bits per heavy atom. The molecule has 0 atom stereocenters. The molecule has 264 valence electrons. The van der Waals surface area contributed by atoms with E-state index >= 15 is 0 Å². The van der Waals surface area contributed by atoms with Crippen LogP contribution in [0.15, 0.2) is 182 Å². The van der Waals surface area contributed by atoms with E-state index in [-0.39, 0.29) is 0 Å². The molecule has 10 aromatic rings. The lowest BCUT2D eigenvalue weighted by Gasteiger charge is -2.26. The fraction of sp³-hybridized carbons (Fsp3) is 0.0370. The summed E-state index contributed by atoms with van der Waals surface area (Å²) in [6.07, 6.45) is 11.3. The molecule has 0 bridgehead atoms. The van der Waals surface area contributed by atoms with Crippen molar-refractivity contribution >= 4 is 99.1 Å². The molecule has 0 fully saturated rings. The van der Waals surface area contributed by atoms with Gasteiger partial charge in [-0.3, -0.25) is 0 Å². The van der Waals surface area contributed by atoms with Gasteiger partial charge in [-0.05, 0) is 127 Å². The summed E-state index contributed by atoms with van der Waals surface area (Å²) < 4.78 is 2.61. The summed E-state index contributed by atoms with van der Waals surface area (Å²) in [6, 6.07) is 64.7. The first kappa shape index (κ1) is 32.7. The van der Waals surface area contributed by atoms with Gasteiger partial charge in [-0.15, -0.1) is 11.3 Å². The second-order valence-electron chi connectivity index (χ2n) is 14.8. The van der Waals surface area contributed by atoms with Crippen LogP contribution in [-0.4, -0.2) is 0 Å². The molecule has 0 saturated heterocycles. The Balaban J connectivity index is 1.00. The topological polar surface area (TPSA) is 3.24 Å². The first-order chi connectivity index (χ1) is 27.7. The van der Waals surface area contributed by atoms with Crippen LogP contribution in [0.2, 0.25) is 0 Å². The van der Waals surface area contributed by atoms with Gasteiger partial charge in [0.05, 0.1) is 0 Å². The first-order valence-corrected chi connectivity index (χ1v) is 20.3. The van der Waals surface area contributed by atoms with E-state index in [2.05, 4.69) is 205 Å². The van der Waals surface area contributed by atoms with Gasteiger partial charge in [0.25, 0.3) is 0 Å². The van der Waals surface area contributed by atoms with Crippen molar-refractivity contribution < 1.29 is 0 Å². The van der Waals surface area contributed by atoms with Crippen LogP contribution in [0, 0.1) is 0 Å². The van der Waals surface area contributed by atoms with Crippen molar-refractivity contribution in [2.45, 2.75) is 12.8 Å². The van der Waals surface area contributed by atoms with Crippen molar-refractivity contribution in [3.63, 3.8) is 0 Å². The minimum atomic E-state index is 1.08. The van der Waals surface area contributed by atoms with Crippen LogP contribution in [0.5, 0.6) is 0 Å². The van der Waals surface area contributed by atoms with Crippen molar-refractivity contribution in [3.8, 4) is 11.1 Å². The Kier molecular flexibility index (Phi) is 7.89. The van der Waals surface area contributed by atoms with Crippen molar-refractivity contribution in [2.75, 3.05) is 4.90 Å². The van der Waals surface area contributed by atoms with Crippen LogP contribution >= 0.6 is 11.3 Å². The van der Waals surface area contributed by atoms with E-state index in [4.69, 9.17) is 0 Å². The minimum absolute atomic E-state index is 1.08. The molecule has 0 N–H and O–H groups in total. The number of fused-ring (bicyclic) bond motifs is 9. The fourth-order valence-electron chi connectivity index (χ4n) is 8.73. The van der Waals surface area contributed by atoms with E-state index in [1.54, 1.807) is 0 Å². The third kappa shape index (κ3) is 5.70. The summed E-state index contributed by atoms with van der Waals surface area (Å²) >= 11 is 1.88. The molecule has 0 radical (unpaired) electrons. The molecule has 0 saturated carbocycles. The maximum Gasteiger partial charge on any atom is 0.0476 e. The van der Waals surface area contributed by atoms with E-state index in [0.717, 1.165) is 29.9 Å². The van der Waals surface area contributed by atoms with E-state index < -0.39 is 0 Å². The summed E-state index contributed by atoms with van der Waals surface area (Å²) in [5.74, 6) is 0. The average molecular weight is 732 g/mol. The molecule has 1 heterocycles. The minimum Gasteiger partial charge on any atom is -0.310 e. The van der Waals surface area contributed by atoms with Gasteiger partial charge in [0.15, 0.2) is 0 Å². The number of thiophene rings is 1. The van der Waals surface area contributed by atoms with E-state index in [1.165, 1.54) is 85.9 Å². The highest BCUT2D eigenvalue weighted by molar-refractivity contribution is 7.25. The number of nitrogens with zero attached hydrogens (tertiary/aromatic N) is 1. The molecule has 1 aliphatic rings. The molecule has 0 unspecified atom stereocenters. The van der Waals surface area contributed by atoms with E-state index in [1.807, 2.05) is 11.3 Å². The Morgan fingerprint density at radius 2 is 1.16 bits per heavy atom. The number of hydrogen-bond donors (Lipinski definition) is 0. The Bertz CT molecular complexity index is 3180. The smallest absolute Gasteiger partial charge is 0.0476 e. The predicted molar refractivity (Wildman–Crippen MR) is 245 cm³/mol. The Morgan fingerprint density at radius 1 is 0.464 bits per heavy atom. The lowest BCUT2D eigenvalue weighted by molar-refractivity contribution is 0.998. The lowest BCUT2D eigenvalue weighted by atomic mass is 9.87. The van der Waals surface area contributed by atoms with Gasteiger partial charge in [-0.25, -0.2) is 0 Å². The van der Waals surface area contributed by atoms with Crippen LogP contribution in [0.3, 0.4) is 0 Å². The highest BCUT2D eigenvalue weighted by atomic mass is 32.1. The van der Waals surface area contributed by atoms with Crippen LogP contribution in [-0.2, 0) is 6.42 Å². The quantitative estimate of drug-likeness (QED) is 0.122. The van der Waals surface area contributed by atoms with Crippen LogP contribution in [0.1, 0.15) is 28.7 Å². The zero-order valence-electron chi connectivity index (χ0n) is 30.8. The van der Waals surface area contributed by atoms with E-state index in [0.29, 0.717) is 0 Å². The molecule has 11 rings (SSSR count). The number of hydrogen-bond acceptors (Lipinski definition) is 2. The molecule has 0 aliphatic heterocycles. The van der Waals surface area contributed by atoms with Crippen molar-refractivity contribution in [1.29, 1.82) is 0 Å². The zero-order chi connectivity index (χ0) is 37.0. The molecule has 0 spiro atoms. The highest BCUT2D eigenvalue weighted by Crippen LogP contribution is 2.43. The molecular weight excluding hydrogens is 695 g/mol. The predicted octanol–water partition coefficient (Wildman–Crippen LogP) is 15.8. The highest BCUT2D eigenvalue weighted by Gasteiger charge is 2.17. The van der Waals surface area contributed by atoms with Crippen LogP contribution in [0.25, 0.3) is 81.8 Å². The van der Waals surface area contributed by atoms with Crippen LogP contribution in [0.4, 0.5) is 17.1 Å². The third-order valence-corrected chi connectivity index (χ3v) is 12.6. The van der Waals surface area contributed by atoms with Gasteiger partial charge in [0.1, 0.15) is 0 Å². The SMILES string of the molecule is C1=Cc2ccc3ccc4cccc(C=Cc5ccc(N(c6cccc(-c7ccccc7)c6)c6ccc7c(c6)sc6cc8ccccc8cc67)cc5)c4c3c2CC1. The maximum absolute atomic E-state index is 2.40. The molecule has 9 aromatic carbocycles. The van der Waals surface area contributed by atoms with Gasteiger partial charge in [-0.1, -0.05) is 152 Å². The molecular formula is C54H37NS. The van der Waals surface area contributed by atoms with Gasteiger partial charge in [-0.2, -0.15) is 0 Å². The largest absolute Gasteiger partial charge is 0.310 e.